The molecule has 0 bridgehead atoms. The molecule has 0 radical (unpaired) electrons. The molecular weight excluding hydrogens is 279 g/mol. The lowest BCUT2D eigenvalue weighted by molar-refractivity contribution is 0.0698. The van der Waals surface area contributed by atoms with E-state index in [1.165, 1.54) is 0 Å². The number of aromatic nitrogens is 1. The SMILES string of the molecule is CCc1noc(C)c1C(=O)Nc1cc(F)ccc1C(=O)O. The number of rotatable bonds is 4. The van der Waals surface area contributed by atoms with Gasteiger partial charge in [0, 0.05) is 0 Å². The normalized spacial score (nSPS) is 10.4. The topological polar surface area (TPSA) is 92.4 Å². The number of nitrogens with one attached hydrogen (secondary N) is 1. The largest absolute Gasteiger partial charge is 0.478 e. The highest BCUT2D eigenvalue weighted by molar-refractivity contribution is 6.08. The van der Waals surface area contributed by atoms with E-state index in [4.69, 9.17) is 9.63 Å². The van der Waals surface area contributed by atoms with Crippen LogP contribution in [0.25, 0.3) is 0 Å². The number of carboxylic acid groups (broad SMARTS) is 1. The Morgan fingerprint density at radius 2 is 2.14 bits per heavy atom. The molecule has 7 heteroatoms. The molecule has 0 fully saturated rings. The van der Waals surface area contributed by atoms with E-state index in [9.17, 15) is 14.0 Å². The fourth-order valence-corrected chi connectivity index (χ4v) is 1.94. The van der Waals surface area contributed by atoms with E-state index in [0.717, 1.165) is 18.2 Å². The van der Waals surface area contributed by atoms with Crippen molar-refractivity contribution in [2.24, 2.45) is 0 Å². The number of anilines is 1. The van der Waals surface area contributed by atoms with Crippen LogP contribution < -0.4 is 5.32 Å². The van der Waals surface area contributed by atoms with Gasteiger partial charge in [0.25, 0.3) is 5.91 Å². The van der Waals surface area contributed by atoms with Crippen molar-refractivity contribution in [1.82, 2.24) is 5.16 Å². The third kappa shape index (κ3) is 2.91. The van der Waals surface area contributed by atoms with Crippen molar-refractivity contribution in [3.05, 3.63) is 46.6 Å². The lowest BCUT2D eigenvalue weighted by Crippen LogP contribution is -2.17. The maximum Gasteiger partial charge on any atom is 0.337 e. The zero-order valence-electron chi connectivity index (χ0n) is 11.4. The van der Waals surface area contributed by atoms with Gasteiger partial charge >= 0.3 is 5.97 Å². The zero-order chi connectivity index (χ0) is 15.6. The Balaban J connectivity index is 2.38. The Kier molecular flexibility index (Phi) is 4.02. The fraction of sp³-hybridized carbons (Fsp3) is 0.214. The summed E-state index contributed by atoms with van der Waals surface area (Å²) in [6.45, 7) is 3.38. The van der Waals surface area contributed by atoms with Crippen LogP contribution >= 0.6 is 0 Å². The summed E-state index contributed by atoms with van der Waals surface area (Å²) in [6.07, 6.45) is 0.481. The van der Waals surface area contributed by atoms with Crippen molar-refractivity contribution >= 4 is 17.6 Å². The summed E-state index contributed by atoms with van der Waals surface area (Å²) in [4.78, 5) is 23.3. The van der Waals surface area contributed by atoms with Gasteiger partial charge < -0.3 is 14.9 Å². The second-order valence-corrected chi connectivity index (χ2v) is 4.36. The number of amides is 1. The van der Waals surface area contributed by atoms with Crippen LogP contribution in [-0.4, -0.2) is 22.1 Å². The number of aryl methyl sites for hydroxylation is 2. The molecule has 1 heterocycles. The Hall–Kier alpha value is -2.70. The number of carbonyl (C=O) groups is 2. The highest BCUT2D eigenvalue weighted by Crippen LogP contribution is 2.21. The average molecular weight is 292 g/mol. The summed E-state index contributed by atoms with van der Waals surface area (Å²) in [7, 11) is 0. The van der Waals surface area contributed by atoms with Gasteiger partial charge in [0.05, 0.1) is 16.9 Å². The minimum atomic E-state index is -1.26. The molecule has 1 aromatic carbocycles. The first-order chi connectivity index (χ1) is 9.93. The van der Waals surface area contributed by atoms with E-state index in [2.05, 4.69) is 10.5 Å². The van der Waals surface area contributed by atoms with Crippen molar-refractivity contribution in [1.29, 1.82) is 0 Å². The summed E-state index contributed by atoms with van der Waals surface area (Å²) >= 11 is 0. The van der Waals surface area contributed by atoms with Crippen molar-refractivity contribution in [3.8, 4) is 0 Å². The Morgan fingerprint density at radius 1 is 1.43 bits per heavy atom. The standard InChI is InChI=1S/C14H13FN2O4/c1-3-10-12(7(2)21-17-10)13(18)16-11-6-8(15)4-5-9(11)14(19)20/h4-6H,3H2,1-2H3,(H,16,18)(H,19,20). The molecule has 21 heavy (non-hydrogen) atoms. The summed E-state index contributed by atoms with van der Waals surface area (Å²) in [5.41, 5.74) is 0.378. The quantitative estimate of drug-likeness (QED) is 0.903. The minimum Gasteiger partial charge on any atom is -0.478 e. The van der Waals surface area contributed by atoms with E-state index in [-0.39, 0.29) is 16.8 Å². The molecular formula is C14H13FN2O4. The molecule has 0 saturated carbocycles. The number of hydrogen-bond donors (Lipinski definition) is 2. The van der Waals surface area contributed by atoms with Crippen molar-refractivity contribution in [2.45, 2.75) is 20.3 Å². The molecule has 2 aromatic rings. The minimum absolute atomic E-state index is 0.116. The molecule has 6 nitrogen and oxygen atoms in total. The van der Waals surface area contributed by atoms with Crippen LogP contribution in [0, 0.1) is 12.7 Å². The van der Waals surface area contributed by atoms with Crippen molar-refractivity contribution < 1.29 is 23.6 Å². The number of benzene rings is 1. The zero-order valence-corrected chi connectivity index (χ0v) is 11.4. The first kappa shape index (κ1) is 14.7. The summed E-state index contributed by atoms with van der Waals surface area (Å²) < 4.78 is 18.2. The van der Waals surface area contributed by atoms with Crippen molar-refractivity contribution in [3.63, 3.8) is 0 Å². The third-order valence-electron chi connectivity index (χ3n) is 2.96. The maximum absolute atomic E-state index is 13.3. The number of hydrogen-bond acceptors (Lipinski definition) is 4. The first-order valence-electron chi connectivity index (χ1n) is 6.23. The second-order valence-electron chi connectivity index (χ2n) is 4.36. The van der Waals surface area contributed by atoms with Crippen LogP contribution in [0.15, 0.2) is 22.7 Å². The van der Waals surface area contributed by atoms with Gasteiger partial charge in [-0.3, -0.25) is 4.79 Å². The van der Waals surface area contributed by atoms with Crippen LogP contribution in [0.3, 0.4) is 0 Å². The molecule has 2 rings (SSSR count). The molecule has 1 amide bonds. The van der Waals surface area contributed by atoms with Crippen LogP contribution in [0.2, 0.25) is 0 Å². The van der Waals surface area contributed by atoms with Gasteiger partial charge in [0.1, 0.15) is 17.1 Å². The molecule has 1 aromatic heterocycles. The maximum atomic E-state index is 13.3. The molecule has 0 atom stereocenters. The van der Waals surface area contributed by atoms with Gasteiger partial charge in [-0.1, -0.05) is 12.1 Å². The summed E-state index contributed by atoms with van der Waals surface area (Å²) in [5, 5.41) is 15.2. The number of aromatic carboxylic acids is 1. The molecule has 110 valence electrons. The van der Waals surface area contributed by atoms with E-state index >= 15 is 0 Å². The van der Waals surface area contributed by atoms with Crippen LogP contribution in [0.1, 0.15) is 39.1 Å². The van der Waals surface area contributed by atoms with Gasteiger partial charge in [-0.15, -0.1) is 0 Å². The molecule has 0 aliphatic heterocycles. The van der Waals surface area contributed by atoms with Gasteiger partial charge in [-0.05, 0) is 31.5 Å². The molecule has 2 N–H and O–H groups in total. The Morgan fingerprint density at radius 3 is 2.76 bits per heavy atom. The lowest BCUT2D eigenvalue weighted by atomic mass is 10.1. The van der Waals surface area contributed by atoms with Crippen LogP contribution in [0.4, 0.5) is 10.1 Å². The summed E-state index contributed by atoms with van der Waals surface area (Å²) in [6, 6.07) is 3.06. The third-order valence-corrected chi connectivity index (χ3v) is 2.96. The highest BCUT2D eigenvalue weighted by atomic mass is 19.1. The van der Waals surface area contributed by atoms with Gasteiger partial charge in [0.15, 0.2) is 0 Å². The number of carboxylic acids is 1. The molecule has 0 saturated heterocycles. The predicted molar refractivity (Wildman–Crippen MR) is 71.9 cm³/mol. The number of halogens is 1. The van der Waals surface area contributed by atoms with Gasteiger partial charge in [-0.25, -0.2) is 9.18 Å². The fourth-order valence-electron chi connectivity index (χ4n) is 1.94. The smallest absolute Gasteiger partial charge is 0.337 e. The first-order valence-corrected chi connectivity index (χ1v) is 6.23. The second kappa shape index (κ2) is 5.74. The van der Waals surface area contributed by atoms with E-state index in [1.54, 1.807) is 13.8 Å². The monoisotopic (exact) mass is 292 g/mol. The molecule has 0 unspecified atom stereocenters. The molecule has 0 aliphatic rings. The van der Waals surface area contributed by atoms with E-state index in [0.29, 0.717) is 17.9 Å². The molecule has 0 spiro atoms. The molecule has 0 aliphatic carbocycles. The van der Waals surface area contributed by atoms with Crippen LogP contribution in [-0.2, 0) is 6.42 Å². The van der Waals surface area contributed by atoms with E-state index in [1.807, 2.05) is 0 Å². The summed E-state index contributed by atoms with van der Waals surface area (Å²) in [5.74, 6) is -2.17. The Labute approximate surface area is 119 Å². The Bertz CT molecular complexity index is 709. The predicted octanol–water partition coefficient (Wildman–Crippen LogP) is 2.64. The van der Waals surface area contributed by atoms with Gasteiger partial charge in [0.2, 0.25) is 0 Å². The highest BCUT2D eigenvalue weighted by Gasteiger charge is 2.21. The average Bonchev–Trinajstić information content (AvgIpc) is 2.79. The number of carbonyl (C=O) groups excluding carboxylic acids is 1. The van der Waals surface area contributed by atoms with Crippen LogP contribution in [0.5, 0.6) is 0 Å². The number of nitrogens with zero attached hydrogens (tertiary/aromatic N) is 1. The van der Waals surface area contributed by atoms with E-state index < -0.39 is 17.7 Å². The van der Waals surface area contributed by atoms with Gasteiger partial charge in [-0.2, -0.15) is 0 Å². The lowest BCUT2D eigenvalue weighted by Gasteiger charge is -2.08. The van der Waals surface area contributed by atoms with Crippen molar-refractivity contribution in [2.75, 3.05) is 5.32 Å².